The maximum absolute atomic E-state index is 12.6. The molecule has 35 heavy (non-hydrogen) atoms. The van der Waals surface area contributed by atoms with Crippen molar-refractivity contribution in [3.8, 4) is 0 Å². The molecule has 2 N–H and O–H groups in total. The third kappa shape index (κ3) is 5.73. The lowest BCUT2D eigenvalue weighted by Crippen LogP contribution is -2.33. The van der Waals surface area contributed by atoms with E-state index in [2.05, 4.69) is 25.5 Å². The largest absolute Gasteiger partial charge is 0.351 e. The van der Waals surface area contributed by atoms with Crippen molar-refractivity contribution in [3.63, 3.8) is 0 Å². The first-order valence-electron chi connectivity index (χ1n) is 11.5. The van der Waals surface area contributed by atoms with Gasteiger partial charge >= 0.3 is 0 Å². The third-order valence-electron chi connectivity index (χ3n) is 5.93. The molecular formula is C26H24ClN5O2S. The molecule has 0 atom stereocenters. The van der Waals surface area contributed by atoms with Gasteiger partial charge in [-0.2, -0.15) is 4.99 Å². The van der Waals surface area contributed by atoms with Crippen LogP contribution in [0.5, 0.6) is 0 Å². The lowest BCUT2D eigenvalue weighted by Gasteiger charge is -2.15. The number of carbonyl (C=O) groups is 2. The van der Waals surface area contributed by atoms with Crippen LogP contribution in [0, 0.1) is 0 Å². The van der Waals surface area contributed by atoms with E-state index < -0.39 is 0 Å². The first-order valence-corrected chi connectivity index (χ1v) is 12.7. The number of aliphatic imine (C=N–C) groups is 1. The van der Waals surface area contributed by atoms with Gasteiger partial charge in [0.15, 0.2) is 5.17 Å². The average Bonchev–Trinajstić information content (AvgIpc) is 3.50. The number of nitrogens with zero attached hydrogens (tertiary/aromatic N) is 3. The van der Waals surface area contributed by atoms with Gasteiger partial charge in [-0.25, -0.2) is 0 Å². The Morgan fingerprint density at radius 2 is 2.00 bits per heavy atom. The van der Waals surface area contributed by atoms with Crippen LogP contribution in [-0.2, 0) is 4.79 Å². The number of hydrogen-bond acceptors (Lipinski definition) is 6. The molecule has 2 aliphatic rings. The summed E-state index contributed by atoms with van der Waals surface area (Å²) < 4.78 is 0. The molecule has 1 aromatic heterocycles. The Morgan fingerprint density at radius 1 is 1.14 bits per heavy atom. The molecule has 5 rings (SSSR count). The van der Waals surface area contributed by atoms with Gasteiger partial charge in [0.25, 0.3) is 11.8 Å². The van der Waals surface area contributed by atoms with Crippen LogP contribution >= 0.6 is 23.4 Å². The number of carbonyl (C=O) groups excluding carboxylic acids is 2. The van der Waals surface area contributed by atoms with Crippen molar-refractivity contribution < 1.29 is 9.59 Å². The van der Waals surface area contributed by atoms with Gasteiger partial charge in [0.05, 0.1) is 21.1 Å². The van der Waals surface area contributed by atoms with Crippen LogP contribution in [0.2, 0.25) is 5.02 Å². The summed E-state index contributed by atoms with van der Waals surface area (Å²) in [6.45, 7) is 3.64. The number of halogens is 1. The highest BCUT2D eigenvalue weighted by molar-refractivity contribution is 8.18. The monoisotopic (exact) mass is 505 g/mol. The minimum Gasteiger partial charge on any atom is -0.351 e. The Kier molecular flexibility index (Phi) is 7.13. The second-order valence-electron chi connectivity index (χ2n) is 8.41. The van der Waals surface area contributed by atoms with E-state index in [0.717, 1.165) is 36.1 Å². The number of benzene rings is 2. The normalized spacial score (nSPS) is 17.2. The molecule has 0 bridgehead atoms. The van der Waals surface area contributed by atoms with Gasteiger partial charge in [-0.15, -0.1) is 0 Å². The Morgan fingerprint density at radius 3 is 2.86 bits per heavy atom. The predicted molar refractivity (Wildman–Crippen MR) is 143 cm³/mol. The number of anilines is 1. The van der Waals surface area contributed by atoms with E-state index in [0.29, 0.717) is 32.9 Å². The first-order chi connectivity index (χ1) is 17.0. The fourth-order valence-electron chi connectivity index (χ4n) is 4.11. The second kappa shape index (κ2) is 10.6. The van der Waals surface area contributed by atoms with Gasteiger partial charge in [0, 0.05) is 30.2 Å². The summed E-state index contributed by atoms with van der Waals surface area (Å²) in [4.78, 5) is 36.4. The van der Waals surface area contributed by atoms with Crippen LogP contribution in [0.1, 0.15) is 28.8 Å². The van der Waals surface area contributed by atoms with Gasteiger partial charge in [0.1, 0.15) is 0 Å². The molecule has 0 unspecified atom stereocenters. The molecule has 3 heterocycles. The Hall–Kier alpha value is -3.20. The number of thioether (sulfide) groups is 1. The molecular weight excluding hydrogens is 482 g/mol. The molecule has 0 saturated carbocycles. The van der Waals surface area contributed by atoms with Crippen LogP contribution in [0.4, 0.5) is 5.69 Å². The van der Waals surface area contributed by atoms with Crippen molar-refractivity contribution in [1.82, 2.24) is 15.2 Å². The highest BCUT2D eigenvalue weighted by Gasteiger charge is 2.23. The summed E-state index contributed by atoms with van der Waals surface area (Å²) in [6, 6.07) is 14.7. The highest BCUT2D eigenvalue weighted by Crippen LogP contribution is 2.32. The molecule has 9 heteroatoms. The summed E-state index contributed by atoms with van der Waals surface area (Å²) in [5.74, 6) is -0.483. The van der Waals surface area contributed by atoms with Gasteiger partial charge in [-0.1, -0.05) is 23.7 Å². The second-order valence-corrected chi connectivity index (χ2v) is 9.85. The standard InChI is InChI=1S/C26H24ClN5O2S/c27-20-7-6-19(24(33)29-10-13-32-11-1-2-12-32)16-22(20)30-26-31-25(34)23(35-26)15-17-5-8-21-18(14-17)4-3-9-28-21/h3-9,14-16H,1-2,10-13H2,(H,29,33)(H,30,31,34)/b23-15-. The van der Waals surface area contributed by atoms with Crippen molar-refractivity contribution in [1.29, 1.82) is 0 Å². The number of pyridine rings is 1. The molecule has 0 radical (unpaired) electrons. The maximum Gasteiger partial charge on any atom is 0.286 e. The van der Waals surface area contributed by atoms with Crippen molar-refractivity contribution in [3.05, 3.63) is 75.8 Å². The molecule has 1 saturated heterocycles. The smallest absolute Gasteiger partial charge is 0.286 e. The van der Waals surface area contributed by atoms with E-state index in [4.69, 9.17) is 11.6 Å². The number of amidine groups is 1. The zero-order valence-electron chi connectivity index (χ0n) is 19.0. The van der Waals surface area contributed by atoms with Crippen molar-refractivity contribution in [2.45, 2.75) is 12.8 Å². The van der Waals surface area contributed by atoms with Crippen molar-refractivity contribution in [2.75, 3.05) is 31.5 Å². The van der Waals surface area contributed by atoms with Gasteiger partial charge < -0.3 is 15.5 Å². The summed E-state index contributed by atoms with van der Waals surface area (Å²) in [7, 11) is 0. The maximum atomic E-state index is 12.6. The van der Waals surface area contributed by atoms with Crippen LogP contribution in [0.3, 0.4) is 0 Å². The number of nitrogens with one attached hydrogen (secondary N) is 2. The number of hydrogen-bond donors (Lipinski definition) is 2. The molecule has 3 aromatic rings. The number of rotatable bonds is 6. The lowest BCUT2D eigenvalue weighted by atomic mass is 10.1. The minimum atomic E-state index is -0.323. The van der Waals surface area contributed by atoms with E-state index >= 15 is 0 Å². The van der Waals surface area contributed by atoms with Crippen LogP contribution in [0.15, 0.2) is 64.6 Å². The van der Waals surface area contributed by atoms with Gasteiger partial charge in [0.2, 0.25) is 0 Å². The Labute approximate surface area is 212 Å². The first kappa shape index (κ1) is 23.5. The number of likely N-dealkylation sites (tertiary alicyclic amines) is 1. The SMILES string of the molecule is O=C1N=C(Nc2cc(C(=O)NCCN3CCCC3)ccc2Cl)S/C1=C\c1ccc2ncccc2c1. The number of aromatic nitrogens is 1. The van der Waals surface area contributed by atoms with Gasteiger partial charge in [-0.3, -0.25) is 14.6 Å². The third-order valence-corrected chi connectivity index (χ3v) is 7.16. The summed E-state index contributed by atoms with van der Waals surface area (Å²) in [5, 5.41) is 7.92. The zero-order chi connectivity index (χ0) is 24.2. The summed E-state index contributed by atoms with van der Waals surface area (Å²) in [6.07, 6.45) is 6.01. The Balaban J connectivity index is 1.24. The highest BCUT2D eigenvalue weighted by atomic mass is 35.5. The van der Waals surface area contributed by atoms with E-state index in [1.54, 1.807) is 24.4 Å². The molecule has 2 aliphatic heterocycles. The molecule has 178 valence electrons. The topological polar surface area (TPSA) is 86.7 Å². The molecule has 7 nitrogen and oxygen atoms in total. The van der Waals surface area contributed by atoms with Crippen molar-refractivity contribution in [2.24, 2.45) is 4.99 Å². The number of amides is 2. The lowest BCUT2D eigenvalue weighted by molar-refractivity contribution is -0.113. The predicted octanol–water partition coefficient (Wildman–Crippen LogP) is 4.80. The summed E-state index contributed by atoms with van der Waals surface area (Å²) in [5.41, 5.74) is 2.81. The molecule has 2 aromatic carbocycles. The van der Waals surface area contributed by atoms with Crippen LogP contribution < -0.4 is 10.6 Å². The fraction of sp³-hybridized carbons (Fsp3) is 0.231. The van der Waals surface area contributed by atoms with Crippen molar-refractivity contribution >= 4 is 63.0 Å². The molecule has 0 spiro atoms. The minimum absolute atomic E-state index is 0.160. The van der Waals surface area contributed by atoms with Gasteiger partial charge in [-0.05, 0) is 85.7 Å². The fourth-order valence-corrected chi connectivity index (χ4v) is 5.10. The quantitative estimate of drug-likeness (QED) is 0.468. The number of fused-ring (bicyclic) bond motifs is 1. The van der Waals surface area contributed by atoms with Crippen LogP contribution in [0.25, 0.3) is 17.0 Å². The van der Waals surface area contributed by atoms with E-state index in [1.807, 2.05) is 36.4 Å². The van der Waals surface area contributed by atoms with E-state index in [1.165, 1.54) is 24.6 Å². The molecule has 0 aliphatic carbocycles. The molecule has 2 amide bonds. The summed E-state index contributed by atoms with van der Waals surface area (Å²) >= 11 is 7.59. The zero-order valence-corrected chi connectivity index (χ0v) is 20.5. The molecule has 1 fully saturated rings. The van der Waals surface area contributed by atoms with E-state index in [9.17, 15) is 9.59 Å². The van der Waals surface area contributed by atoms with E-state index in [-0.39, 0.29) is 11.8 Å². The average molecular weight is 506 g/mol. The van der Waals surface area contributed by atoms with Crippen LogP contribution in [-0.4, -0.2) is 53.0 Å². The Bertz CT molecular complexity index is 1350.